The first kappa shape index (κ1) is 20.1. The Hall–Kier alpha value is -2.66. The number of ketones is 1. The van der Waals surface area contributed by atoms with Crippen molar-refractivity contribution in [3.05, 3.63) is 64.7 Å². The largest absolute Gasteiger partial charge is 0.459 e. The maximum absolute atomic E-state index is 12.4. The second kappa shape index (κ2) is 9.51. The average Bonchev–Trinajstić information content (AvgIpc) is 2.71. The van der Waals surface area contributed by atoms with Gasteiger partial charge in [-0.05, 0) is 43.9 Å². The lowest BCUT2D eigenvalue weighted by Gasteiger charge is -2.22. The van der Waals surface area contributed by atoms with Crippen molar-refractivity contribution in [3.8, 4) is 0 Å². The Morgan fingerprint density at radius 3 is 2.39 bits per heavy atom. The molecule has 1 aliphatic rings. The molecule has 2 aromatic carbocycles. The topological polar surface area (TPSA) is 72.5 Å². The van der Waals surface area contributed by atoms with Crippen LogP contribution in [0, 0.1) is 0 Å². The third kappa shape index (κ3) is 5.42. The number of hydrogen-bond acceptors (Lipinski definition) is 4. The van der Waals surface area contributed by atoms with Crippen LogP contribution in [0.2, 0.25) is 5.02 Å². The van der Waals surface area contributed by atoms with Gasteiger partial charge in [0.25, 0.3) is 0 Å². The van der Waals surface area contributed by atoms with Crippen molar-refractivity contribution in [1.82, 2.24) is 0 Å². The van der Waals surface area contributed by atoms with E-state index in [1.807, 2.05) is 0 Å². The molecule has 0 atom stereocenters. The van der Waals surface area contributed by atoms with Crippen molar-refractivity contribution in [2.24, 2.45) is 0 Å². The number of hydrogen-bond donors (Lipinski definition) is 1. The fourth-order valence-corrected chi connectivity index (χ4v) is 3.38. The van der Waals surface area contributed by atoms with Crippen LogP contribution >= 0.6 is 11.6 Å². The van der Waals surface area contributed by atoms with Crippen LogP contribution in [-0.4, -0.2) is 23.8 Å². The molecule has 0 heterocycles. The van der Waals surface area contributed by atoms with Gasteiger partial charge in [0.05, 0.1) is 22.7 Å². The van der Waals surface area contributed by atoms with Crippen molar-refractivity contribution >= 4 is 34.9 Å². The molecule has 146 valence electrons. The molecule has 0 bridgehead atoms. The number of amides is 1. The normalized spacial score (nSPS) is 14.3. The van der Waals surface area contributed by atoms with Crippen LogP contribution in [0.25, 0.3) is 0 Å². The second-order valence-electron chi connectivity index (χ2n) is 6.87. The highest BCUT2D eigenvalue weighted by Gasteiger charge is 2.20. The molecule has 5 nitrogen and oxygen atoms in total. The van der Waals surface area contributed by atoms with Gasteiger partial charge in [-0.3, -0.25) is 9.59 Å². The third-order valence-corrected chi connectivity index (χ3v) is 5.05. The van der Waals surface area contributed by atoms with Gasteiger partial charge in [-0.1, -0.05) is 48.4 Å². The number of carbonyl (C=O) groups excluding carboxylic acids is 3. The van der Waals surface area contributed by atoms with Crippen LogP contribution in [-0.2, 0) is 9.53 Å². The Bertz CT molecular complexity index is 860. The molecule has 1 fully saturated rings. The SMILES string of the molecule is O=C(CC(=O)c1ccccc1)Nc1cc(C(=O)OC2CCCCC2)ccc1Cl. The highest BCUT2D eigenvalue weighted by atomic mass is 35.5. The Morgan fingerprint density at radius 1 is 0.964 bits per heavy atom. The van der Waals surface area contributed by atoms with Crippen LogP contribution < -0.4 is 5.32 Å². The zero-order valence-electron chi connectivity index (χ0n) is 15.4. The van der Waals surface area contributed by atoms with Crippen LogP contribution in [0.1, 0.15) is 59.2 Å². The maximum Gasteiger partial charge on any atom is 0.338 e. The molecule has 1 N–H and O–H groups in total. The standard InChI is InChI=1S/C22H22ClNO4/c23-18-12-11-16(22(27)28-17-9-5-2-6-10-17)13-19(18)24-21(26)14-20(25)15-7-3-1-4-8-15/h1,3-4,7-8,11-13,17H,2,5-6,9-10,14H2,(H,24,26). The zero-order chi connectivity index (χ0) is 19.9. The van der Waals surface area contributed by atoms with Crippen molar-refractivity contribution in [1.29, 1.82) is 0 Å². The van der Waals surface area contributed by atoms with Crippen molar-refractivity contribution in [2.75, 3.05) is 5.32 Å². The molecule has 0 unspecified atom stereocenters. The van der Waals surface area contributed by atoms with E-state index >= 15 is 0 Å². The minimum absolute atomic E-state index is 0.0570. The third-order valence-electron chi connectivity index (χ3n) is 4.72. The monoisotopic (exact) mass is 399 g/mol. The quantitative estimate of drug-likeness (QED) is 0.419. The van der Waals surface area contributed by atoms with E-state index in [1.165, 1.54) is 18.6 Å². The number of ether oxygens (including phenoxy) is 1. The van der Waals surface area contributed by atoms with Crippen LogP contribution in [0.15, 0.2) is 48.5 Å². The number of benzene rings is 2. The molecule has 6 heteroatoms. The van der Waals surface area contributed by atoms with E-state index in [2.05, 4.69) is 5.32 Å². The number of nitrogens with one attached hydrogen (secondary N) is 1. The number of esters is 1. The first-order valence-corrected chi connectivity index (χ1v) is 9.79. The molecule has 1 aliphatic carbocycles. The Balaban J connectivity index is 1.63. The predicted molar refractivity (Wildman–Crippen MR) is 108 cm³/mol. The maximum atomic E-state index is 12.4. The second-order valence-corrected chi connectivity index (χ2v) is 7.28. The molecule has 28 heavy (non-hydrogen) atoms. The summed E-state index contributed by atoms with van der Waals surface area (Å²) in [4.78, 5) is 36.8. The molecule has 2 aromatic rings. The zero-order valence-corrected chi connectivity index (χ0v) is 16.2. The summed E-state index contributed by atoms with van der Waals surface area (Å²) in [6.07, 6.45) is 4.70. The molecule has 3 rings (SSSR count). The van der Waals surface area contributed by atoms with Crippen molar-refractivity contribution in [3.63, 3.8) is 0 Å². The summed E-state index contributed by atoms with van der Waals surface area (Å²) >= 11 is 6.14. The van der Waals surface area contributed by atoms with Crippen LogP contribution in [0.3, 0.4) is 0 Å². The van der Waals surface area contributed by atoms with Gasteiger partial charge in [0.2, 0.25) is 5.91 Å². The summed E-state index contributed by atoms with van der Waals surface area (Å²) in [5, 5.41) is 2.90. The molecule has 0 saturated heterocycles. The fraction of sp³-hybridized carbons (Fsp3) is 0.318. The lowest BCUT2D eigenvalue weighted by Crippen LogP contribution is -2.21. The van der Waals surface area contributed by atoms with E-state index in [1.54, 1.807) is 36.4 Å². The number of rotatable bonds is 6. The van der Waals surface area contributed by atoms with Gasteiger partial charge in [-0.15, -0.1) is 0 Å². The fourth-order valence-electron chi connectivity index (χ4n) is 3.22. The van der Waals surface area contributed by atoms with E-state index in [0.29, 0.717) is 11.1 Å². The Kier molecular flexibility index (Phi) is 6.82. The van der Waals surface area contributed by atoms with Crippen molar-refractivity contribution < 1.29 is 19.1 Å². The van der Waals surface area contributed by atoms with Crippen molar-refractivity contribution in [2.45, 2.75) is 44.6 Å². The average molecular weight is 400 g/mol. The molecule has 0 spiro atoms. The summed E-state index contributed by atoms with van der Waals surface area (Å²) in [5.41, 5.74) is 1.07. The van der Waals surface area contributed by atoms with Gasteiger partial charge in [0.1, 0.15) is 6.10 Å². The number of anilines is 1. The number of carbonyl (C=O) groups is 3. The predicted octanol–water partition coefficient (Wildman–Crippen LogP) is 5.04. The smallest absolute Gasteiger partial charge is 0.338 e. The lowest BCUT2D eigenvalue weighted by atomic mass is 9.98. The van der Waals surface area contributed by atoms with E-state index in [0.717, 1.165) is 25.7 Å². The summed E-state index contributed by atoms with van der Waals surface area (Å²) in [6.45, 7) is 0. The highest BCUT2D eigenvalue weighted by Crippen LogP contribution is 2.26. The highest BCUT2D eigenvalue weighted by molar-refractivity contribution is 6.34. The Labute approximate surface area is 169 Å². The molecule has 1 amide bonds. The lowest BCUT2D eigenvalue weighted by molar-refractivity contribution is -0.115. The molecule has 0 radical (unpaired) electrons. The van der Waals surface area contributed by atoms with E-state index in [9.17, 15) is 14.4 Å². The molecule has 1 saturated carbocycles. The number of Topliss-reactive ketones (excluding diaryl/α,β-unsaturated/α-hetero) is 1. The minimum atomic E-state index is -0.492. The number of halogens is 1. The molecular weight excluding hydrogens is 378 g/mol. The van der Waals surface area contributed by atoms with Crippen LogP contribution in [0.4, 0.5) is 5.69 Å². The van der Waals surface area contributed by atoms with E-state index in [-0.39, 0.29) is 29.0 Å². The summed E-state index contributed by atoms with van der Waals surface area (Å²) in [5.74, 6) is -1.21. The van der Waals surface area contributed by atoms with E-state index < -0.39 is 11.9 Å². The van der Waals surface area contributed by atoms with Gasteiger partial charge in [0.15, 0.2) is 5.78 Å². The summed E-state index contributed by atoms with van der Waals surface area (Å²) < 4.78 is 5.55. The Morgan fingerprint density at radius 2 is 1.68 bits per heavy atom. The van der Waals surface area contributed by atoms with Gasteiger partial charge in [0, 0.05) is 5.56 Å². The van der Waals surface area contributed by atoms with Gasteiger partial charge in [-0.25, -0.2) is 4.79 Å². The molecule has 0 aromatic heterocycles. The first-order valence-electron chi connectivity index (χ1n) is 9.41. The minimum Gasteiger partial charge on any atom is -0.459 e. The van der Waals surface area contributed by atoms with Crippen LogP contribution in [0.5, 0.6) is 0 Å². The molecular formula is C22H22ClNO4. The molecule has 0 aliphatic heterocycles. The summed E-state index contributed by atoms with van der Waals surface area (Å²) in [7, 11) is 0. The summed E-state index contributed by atoms with van der Waals surface area (Å²) in [6, 6.07) is 13.2. The van der Waals surface area contributed by atoms with Gasteiger partial charge < -0.3 is 10.1 Å². The van der Waals surface area contributed by atoms with E-state index in [4.69, 9.17) is 16.3 Å². The first-order chi connectivity index (χ1) is 13.5. The van der Waals surface area contributed by atoms with Gasteiger partial charge >= 0.3 is 5.97 Å². The van der Waals surface area contributed by atoms with Gasteiger partial charge in [-0.2, -0.15) is 0 Å².